The minimum atomic E-state index is -3.82. The van der Waals surface area contributed by atoms with E-state index >= 15 is 0 Å². The standard InChI is InChI=1S/C29H43N5O5S3/c1-33(2)26-14-7-13-25-24(26)12-8-15-27(25)42(37,38)32-19-18-31-29(36)39-28(16-9-20-34(22-35)21-17-30)41(40-3)23-10-5-4-6-11-23/h7-9,12-15,20,22-23,28,32H,4-6,10-11,16-19,21,30H2,1-3H3/p+1. The van der Waals surface area contributed by atoms with E-state index in [0.29, 0.717) is 30.1 Å². The number of hydrogen-bond acceptors (Lipinski definition) is 8. The molecule has 232 valence electrons. The summed E-state index contributed by atoms with van der Waals surface area (Å²) in [5.41, 5.74) is 6.12. The Hall–Kier alpha value is -2.45. The average Bonchev–Trinajstić information content (AvgIpc) is 2.99. The van der Waals surface area contributed by atoms with Gasteiger partial charge in [0.05, 0.1) is 22.1 Å². The van der Waals surface area contributed by atoms with Gasteiger partial charge in [-0.25, -0.2) is 17.9 Å². The Labute approximate surface area is 256 Å². The van der Waals surface area contributed by atoms with Gasteiger partial charge in [-0.15, -0.1) is 0 Å². The van der Waals surface area contributed by atoms with Crippen LogP contribution in [0.1, 0.15) is 38.5 Å². The maximum atomic E-state index is 13.2. The number of anilines is 1. The number of sulfonamides is 1. The van der Waals surface area contributed by atoms with Gasteiger partial charge >= 0.3 is 6.09 Å². The lowest BCUT2D eigenvalue weighted by Crippen LogP contribution is -2.39. The Bertz CT molecular complexity index is 1300. The molecule has 0 radical (unpaired) electrons. The molecule has 3 rings (SSSR count). The van der Waals surface area contributed by atoms with Crippen molar-refractivity contribution in [2.45, 2.75) is 54.1 Å². The maximum Gasteiger partial charge on any atom is 0.411 e. The van der Waals surface area contributed by atoms with Crippen LogP contribution in [0.4, 0.5) is 10.5 Å². The first-order valence-electron chi connectivity index (χ1n) is 14.2. The molecule has 2 unspecified atom stereocenters. The predicted octanol–water partition coefficient (Wildman–Crippen LogP) is 3.79. The molecule has 2 amide bonds. The van der Waals surface area contributed by atoms with Crippen molar-refractivity contribution in [3.63, 3.8) is 0 Å². The van der Waals surface area contributed by atoms with Gasteiger partial charge in [-0.05, 0) is 37.8 Å². The minimum absolute atomic E-state index is 0.00993. The quantitative estimate of drug-likeness (QED) is 0.110. The molecule has 1 aliphatic rings. The number of nitrogens with one attached hydrogen (secondary N) is 2. The number of rotatable bonds is 16. The lowest BCUT2D eigenvalue weighted by molar-refractivity contribution is -0.115. The van der Waals surface area contributed by atoms with E-state index in [1.807, 2.05) is 49.5 Å². The number of benzene rings is 2. The summed E-state index contributed by atoms with van der Waals surface area (Å²) < 4.78 is 34.9. The van der Waals surface area contributed by atoms with Crippen molar-refractivity contribution in [2.24, 2.45) is 5.73 Å². The van der Waals surface area contributed by atoms with Crippen molar-refractivity contribution < 1.29 is 22.7 Å². The van der Waals surface area contributed by atoms with E-state index in [-0.39, 0.29) is 33.3 Å². The van der Waals surface area contributed by atoms with E-state index in [2.05, 4.69) is 10.0 Å². The van der Waals surface area contributed by atoms with Crippen molar-refractivity contribution >= 4 is 59.7 Å². The number of hydrogen-bond donors (Lipinski definition) is 3. The van der Waals surface area contributed by atoms with Crippen molar-refractivity contribution in [2.75, 3.05) is 51.4 Å². The zero-order chi connectivity index (χ0) is 30.5. The molecule has 0 bridgehead atoms. The van der Waals surface area contributed by atoms with Gasteiger partial charge in [-0.1, -0.05) is 36.8 Å². The molecule has 1 fully saturated rings. The molecular formula is C29H44N5O5S3+. The average molecular weight is 639 g/mol. The highest BCUT2D eigenvalue weighted by molar-refractivity contribution is 8.74. The van der Waals surface area contributed by atoms with Crippen LogP contribution < -0.4 is 20.7 Å². The number of ether oxygens (including phenoxy) is 1. The molecule has 0 spiro atoms. The summed E-state index contributed by atoms with van der Waals surface area (Å²) in [6, 6.07) is 10.8. The number of nitrogens with zero attached hydrogens (tertiary/aromatic N) is 2. The SMILES string of the molecule is CS[S+](C1CCCCC1)C(CC=CN(C=O)CCN)OC(=O)NCCNS(=O)(=O)c1cccc2c(N(C)C)cccc12. The van der Waals surface area contributed by atoms with Crippen LogP contribution in [0.15, 0.2) is 53.6 Å². The Morgan fingerprint density at radius 2 is 1.86 bits per heavy atom. The summed E-state index contributed by atoms with van der Waals surface area (Å²) >= 11 is 0. The topological polar surface area (TPSA) is 134 Å². The Kier molecular flexibility index (Phi) is 13.8. The van der Waals surface area contributed by atoms with Crippen LogP contribution in [-0.2, 0) is 29.5 Å². The van der Waals surface area contributed by atoms with Crippen molar-refractivity contribution in [1.29, 1.82) is 0 Å². The van der Waals surface area contributed by atoms with Crippen LogP contribution in [-0.4, -0.2) is 83.0 Å². The second kappa shape index (κ2) is 17.0. The summed E-state index contributed by atoms with van der Waals surface area (Å²) in [7, 11) is 1.51. The zero-order valence-corrected chi connectivity index (χ0v) is 27.1. The molecule has 4 N–H and O–H groups in total. The third kappa shape index (κ3) is 9.53. The van der Waals surface area contributed by atoms with E-state index < -0.39 is 16.1 Å². The van der Waals surface area contributed by atoms with E-state index in [1.54, 1.807) is 35.2 Å². The number of amides is 2. The van der Waals surface area contributed by atoms with Crippen LogP contribution in [0, 0.1) is 0 Å². The third-order valence-corrected chi connectivity index (χ3v) is 13.5. The van der Waals surface area contributed by atoms with Crippen LogP contribution in [0.25, 0.3) is 10.8 Å². The van der Waals surface area contributed by atoms with Gasteiger partial charge in [0.15, 0.2) is 0 Å². The number of nitrogens with two attached hydrogens (primary N) is 1. The van der Waals surface area contributed by atoms with Gasteiger partial charge in [0.25, 0.3) is 5.44 Å². The minimum Gasteiger partial charge on any atom is -0.398 e. The summed E-state index contributed by atoms with van der Waals surface area (Å²) in [6.45, 7) is 0.842. The summed E-state index contributed by atoms with van der Waals surface area (Å²) in [4.78, 5) is 27.7. The number of alkyl carbamates (subject to hydrolysis) is 1. The second-order valence-corrected chi connectivity index (χ2v) is 16.3. The highest BCUT2D eigenvalue weighted by atomic mass is 33.1. The first-order valence-corrected chi connectivity index (χ1v) is 18.8. The third-order valence-electron chi connectivity index (χ3n) is 7.04. The molecule has 10 nitrogen and oxygen atoms in total. The second-order valence-electron chi connectivity index (χ2n) is 10.2. The summed E-state index contributed by atoms with van der Waals surface area (Å²) in [6.07, 6.45) is 12.0. The van der Waals surface area contributed by atoms with Crippen molar-refractivity contribution in [3.8, 4) is 0 Å². The normalized spacial score (nSPS) is 15.8. The van der Waals surface area contributed by atoms with Gasteiger partial charge in [-0.3, -0.25) is 4.79 Å². The molecular weight excluding hydrogens is 595 g/mol. The smallest absolute Gasteiger partial charge is 0.398 e. The van der Waals surface area contributed by atoms with Crippen LogP contribution in [0.3, 0.4) is 0 Å². The fourth-order valence-electron chi connectivity index (χ4n) is 5.04. The highest BCUT2D eigenvalue weighted by Gasteiger charge is 2.41. The maximum absolute atomic E-state index is 13.2. The van der Waals surface area contributed by atoms with Crippen LogP contribution in [0.2, 0.25) is 0 Å². The fraction of sp³-hybridized carbons (Fsp3) is 0.517. The monoisotopic (exact) mass is 638 g/mol. The molecule has 13 heteroatoms. The molecule has 0 aliphatic heterocycles. The lowest BCUT2D eigenvalue weighted by Gasteiger charge is -2.25. The predicted molar refractivity (Wildman–Crippen MR) is 175 cm³/mol. The van der Waals surface area contributed by atoms with Crippen LogP contribution in [0.5, 0.6) is 0 Å². The number of carbonyl (C=O) groups excluding carboxylic acids is 2. The Morgan fingerprint density at radius 3 is 2.52 bits per heavy atom. The van der Waals surface area contributed by atoms with Gasteiger partial charge in [0, 0.05) is 69.2 Å². The van der Waals surface area contributed by atoms with Crippen molar-refractivity contribution in [1.82, 2.24) is 14.9 Å². The van der Waals surface area contributed by atoms with Gasteiger partial charge in [0.1, 0.15) is 15.2 Å². The van der Waals surface area contributed by atoms with Crippen LogP contribution >= 0.6 is 10.8 Å². The van der Waals surface area contributed by atoms with E-state index in [4.69, 9.17) is 10.5 Å². The lowest BCUT2D eigenvalue weighted by atomic mass is 10.0. The largest absolute Gasteiger partial charge is 0.411 e. The van der Waals surface area contributed by atoms with Gasteiger partial charge in [-0.2, -0.15) is 0 Å². The summed E-state index contributed by atoms with van der Waals surface area (Å²) in [5, 5.41) is 4.64. The van der Waals surface area contributed by atoms with E-state index in [9.17, 15) is 18.0 Å². The van der Waals surface area contributed by atoms with Gasteiger partial charge < -0.3 is 25.6 Å². The Morgan fingerprint density at radius 1 is 1.14 bits per heavy atom. The molecule has 0 heterocycles. The first-order chi connectivity index (χ1) is 20.2. The molecule has 1 saturated carbocycles. The molecule has 0 aromatic heterocycles. The molecule has 1 aliphatic carbocycles. The number of carbonyl (C=O) groups is 2. The Balaban J connectivity index is 1.62. The molecule has 0 saturated heterocycles. The van der Waals surface area contributed by atoms with E-state index in [1.165, 1.54) is 24.2 Å². The first kappa shape index (κ1) is 34.0. The molecule has 2 atom stereocenters. The van der Waals surface area contributed by atoms with Crippen molar-refractivity contribution in [3.05, 3.63) is 48.7 Å². The fourth-order valence-corrected chi connectivity index (χ4v) is 10.9. The molecule has 42 heavy (non-hydrogen) atoms. The molecule has 2 aromatic carbocycles. The summed E-state index contributed by atoms with van der Waals surface area (Å²) in [5.74, 6) is 0. The molecule has 2 aromatic rings. The number of fused-ring (bicyclic) bond motifs is 1. The van der Waals surface area contributed by atoms with Gasteiger partial charge in [0.2, 0.25) is 16.4 Å². The van der Waals surface area contributed by atoms with E-state index in [0.717, 1.165) is 30.3 Å². The zero-order valence-electron chi connectivity index (χ0n) is 24.7. The highest BCUT2D eigenvalue weighted by Crippen LogP contribution is 2.36.